The first-order valence-electron chi connectivity index (χ1n) is 13.7. The molecule has 228 valence electrons. The molecule has 11 nitrogen and oxygen atoms in total. The molecule has 3 aromatic rings. The Balaban J connectivity index is 1.63. The van der Waals surface area contributed by atoms with Gasteiger partial charge in [0.1, 0.15) is 12.4 Å². The van der Waals surface area contributed by atoms with Gasteiger partial charge in [0.15, 0.2) is 11.0 Å². The Hall–Kier alpha value is -4.23. The van der Waals surface area contributed by atoms with Crippen LogP contribution in [0.2, 0.25) is 0 Å². The van der Waals surface area contributed by atoms with E-state index >= 15 is 0 Å². The van der Waals surface area contributed by atoms with Crippen molar-refractivity contribution in [2.45, 2.75) is 26.5 Å². The average molecular weight is 610 g/mol. The van der Waals surface area contributed by atoms with Crippen molar-refractivity contribution in [3.63, 3.8) is 0 Å². The zero-order valence-electron chi connectivity index (χ0n) is 24.8. The van der Waals surface area contributed by atoms with Crippen molar-refractivity contribution in [2.75, 3.05) is 36.3 Å². The van der Waals surface area contributed by atoms with Crippen LogP contribution in [0, 0.1) is 0 Å². The minimum atomic E-state index is -4.08. The minimum absolute atomic E-state index is 0.243. The highest BCUT2D eigenvalue weighted by Gasteiger charge is 2.29. The lowest BCUT2D eigenvalue weighted by Crippen LogP contribution is -2.31. The molecular weight excluding hydrogens is 572 g/mol. The number of rotatable bonds is 13. The van der Waals surface area contributed by atoms with E-state index in [0.717, 1.165) is 39.6 Å². The zero-order chi connectivity index (χ0) is 31.1. The van der Waals surface area contributed by atoms with Crippen molar-refractivity contribution >= 4 is 44.6 Å². The van der Waals surface area contributed by atoms with E-state index in [1.165, 1.54) is 14.2 Å². The number of anilines is 2. The van der Waals surface area contributed by atoms with E-state index in [0.29, 0.717) is 18.7 Å². The molecule has 0 saturated heterocycles. The molecule has 0 spiro atoms. The Bertz CT molecular complexity index is 1710. The lowest BCUT2D eigenvalue weighted by molar-refractivity contribution is -0.647. The molecular formula is C31H37N4O7S+. The number of aromatic nitrogens is 2. The summed E-state index contributed by atoms with van der Waals surface area (Å²) in [7, 11) is 0.675. The maximum Gasteiger partial charge on any atom is 0.337 e. The van der Waals surface area contributed by atoms with Gasteiger partial charge in [-0.1, -0.05) is 30.9 Å². The van der Waals surface area contributed by atoms with Crippen LogP contribution in [0.4, 0.5) is 11.4 Å². The van der Waals surface area contributed by atoms with Crippen LogP contribution in [-0.4, -0.2) is 50.0 Å². The summed E-state index contributed by atoms with van der Waals surface area (Å²) in [6.45, 7) is 7.33. The van der Waals surface area contributed by atoms with Crippen molar-refractivity contribution < 1.29 is 36.8 Å². The molecule has 0 bridgehead atoms. The fourth-order valence-corrected chi connectivity index (χ4v) is 5.66. The number of carbonyl (C=O) groups is 1. The zero-order valence-corrected chi connectivity index (χ0v) is 25.6. The molecule has 0 atom stereocenters. The van der Waals surface area contributed by atoms with Crippen molar-refractivity contribution in [3.05, 3.63) is 96.3 Å². The number of nitrogens with zero attached hydrogens (tertiary/aromatic N) is 4. The van der Waals surface area contributed by atoms with Gasteiger partial charge in [-0.2, -0.15) is 8.42 Å². The molecule has 2 aromatic carbocycles. The summed E-state index contributed by atoms with van der Waals surface area (Å²) in [6.07, 6.45) is 11.6. The lowest BCUT2D eigenvalue weighted by Gasteiger charge is -2.21. The van der Waals surface area contributed by atoms with Gasteiger partial charge in [-0.3, -0.25) is 4.55 Å². The fraction of sp³-hybridized carbons (Fsp3) is 0.290. The van der Waals surface area contributed by atoms with Crippen LogP contribution in [0.25, 0.3) is 17.1 Å². The first-order valence-corrected chi connectivity index (χ1v) is 15.3. The van der Waals surface area contributed by atoms with E-state index in [9.17, 15) is 17.8 Å². The van der Waals surface area contributed by atoms with Crippen LogP contribution in [0.15, 0.2) is 79.3 Å². The number of carbonyl (C=O) groups excluding carboxylic acids is 1. The van der Waals surface area contributed by atoms with Crippen molar-refractivity contribution in [1.82, 2.24) is 4.57 Å². The number of allylic oxidation sites excluding steroid dienone is 4. The van der Waals surface area contributed by atoms with Crippen LogP contribution in [0.5, 0.6) is 0 Å². The van der Waals surface area contributed by atoms with Crippen LogP contribution in [0.1, 0.15) is 35.1 Å². The summed E-state index contributed by atoms with van der Waals surface area (Å²) in [4.78, 5) is 26.0. The Morgan fingerprint density at radius 3 is 2.56 bits per heavy atom. The van der Waals surface area contributed by atoms with Crippen LogP contribution >= 0.6 is 0 Å². The second-order valence-electron chi connectivity index (χ2n) is 9.72. The summed E-state index contributed by atoms with van der Waals surface area (Å²) in [5.74, 6) is 1.000. The Kier molecular flexibility index (Phi) is 10.2. The summed E-state index contributed by atoms with van der Waals surface area (Å²) < 4.78 is 40.9. The Labute approximate surface area is 251 Å². The van der Waals surface area contributed by atoms with Gasteiger partial charge in [0, 0.05) is 25.2 Å². The topological polar surface area (TPSA) is 114 Å². The molecule has 1 aromatic heterocycles. The fourth-order valence-electron chi connectivity index (χ4n) is 5.16. The number of benzene rings is 2. The van der Waals surface area contributed by atoms with E-state index in [1.807, 2.05) is 88.7 Å². The van der Waals surface area contributed by atoms with Gasteiger partial charge in [-0.15, -0.1) is 0 Å². The van der Waals surface area contributed by atoms with Crippen LogP contribution in [0.3, 0.4) is 0 Å². The quantitative estimate of drug-likeness (QED) is 0.0747. The van der Waals surface area contributed by atoms with Crippen molar-refractivity contribution in [3.8, 4) is 0 Å². The molecule has 4 rings (SSSR count). The summed E-state index contributed by atoms with van der Waals surface area (Å²) >= 11 is 0. The monoisotopic (exact) mass is 609 g/mol. The number of hydrogen-bond donors (Lipinski definition) is 1. The van der Waals surface area contributed by atoms with Gasteiger partial charge < -0.3 is 14.5 Å². The molecule has 0 radical (unpaired) electrons. The maximum absolute atomic E-state index is 12.1. The molecule has 1 N–H and O–H groups in total. The minimum Gasteiger partial charge on any atom is -0.465 e. The maximum atomic E-state index is 12.1. The molecule has 0 unspecified atom stereocenters. The average Bonchev–Trinajstić information content (AvgIpc) is 3.44. The number of esters is 1. The third kappa shape index (κ3) is 7.05. The SMILES string of the molecule is C=CN1\C(=C/C=C/C=C/c2n(CCCS(=O)(=O)O)c3cc(COOC)ccc3[n+]2C)N(CC)c2cc(C(=O)OC)ccc21. The molecule has 12 heteroatoms. The predicted octanol–water partition coefficient (Wildman–Crippen LogP) is 4.51. The second kappa shape index (κ2) is 13.8. The molecule has 0 aliphatic carbocycles. The lowest BCUT2D eigenvalue weighted by atomic mass is 10.1. The molecule has 43 heavy (non-hydrogen) atoms. The largest absolute Gasteiger partial charge is 0.465 e. The first-order chi connectivity index (χ1) is 20.6. The molecule has 2 heterocycles. The third-order valence-corrected chi connectivity index (χ3v) is 7.93. The van der Waals surface area contributed by atoms with Gasteiger partial charge >= 0.3 is 5.97 Å². The first kappa shape index (κ1) is 31.7. The van der Waals surface area contributed by atoms with Crippen LogP contribution in [-0.2, 0) is 44.8 Å². The summed E-state index contributed by atoms with van der Waals surface area (Å²) in [6, 6.07) is 11.3. The molecule has 0 fully saturated rings. The predicted molar refractivity (Wildman–Crippen MR) is 166 cm³/mol. The third-order valence-electron chi connectivity index (χ3n) is 7.12. The smallest absolute Gasteiger partial charge is 0.337 e. The Morgan fingerprint density at radius 1 is 1.09 bits per heavy atom. The highest BCUT2D eigenvalue weighted by atomic mass is 32.2. The number of methoxy groups -OCH3 is 1. The van der Waals surface area contributed by atoms with E-state index in [2.05, 4.69) is 11.5 Å². The van der Waals surface area contributed by atoms with Gasteiger partial charge in [-0.05, 0) is 48.9 Å². The number of fused-ring (bicyclic) bond motifs is 2. The highest BCUT2D eigenvalue weighted by molar-refractivity contribution is 7.85. The van der Waals surface area contributed by atoms with E-state index in [4.69, 9.17) is 14.5 Å². The van der Waals surface area contributed by atoms with Gasteiger partial charge in [0.2, 0.25) is 0 Å². The second-order valence-corrected chi connectivity index (χ2v) is 11.3. The van der Waals surface area contributed by atoms with Crippen molar-refractivity contribution in [2.24, 2.45) is 7.05 Å². The van der Waals surface area contributed by atoms with Gasteiger partial charge in [0.25, 0.3) is 15.9 Å². The van der Waals surface area contributed by atoms with Crippen molar-refractivity contribution in [1.29, 1.82) is 0 Å². The Morgan fingerprint density at radius 2 is 1.88 bits per heavy atom. The number of imidazole rings is 1. The molecule has 1 aliphatic rings. The number of hydrogen-bond acceptors (Lipinski definition) is 8. The standard InChI is InChI=1S/C31H36N4O7S/c1-6-33-26-17-15-24(31(36)40-4)21-28(26)34(7-2)30(33)13-10-8-9-12-29-32(3)25-16-14-23(22-42-41-5)20-27(25)35(29)18-11-19-43(37,38)39/h6,8-10,12-17,20-21H,1,7,11,18-19,22H2,2-5H3/p+1. The summed E-state index contributed by atoms with van der Waals surface area (Å²) in [5, 5.41) is 0. The molecule has 0 saturated carbocycles. The van der Waals surface area contributed by atoms with Gasteiger partial charge in [0.05, 0.1) is 50.5 Å². The highest BCUT2D eigenvalue weighted by Crippen LogP contribution is 2.42. The molecule has 1 aliphatic heterocycles. The molecule has 0 amide bonds. The van der Waals surface area contributed by atoms with Gasteiger partial charge in [-0.25, -0.2) is 23.7 Å². The number of aryl methyl sites for hydroxylation is 2. The summed E-state index contributed by atoms with van der Waals surface area (Å²) in [5.41, 5.74) is 5.02. The normalized spacial score (nSPS) is 14.5. The number of ether oxygens (including phenoxy) is 1. The van der Waals surface area contributed by atoms with E-state index in [-0.39, 0.29) is 18.8 Å². The van der Waals surface area contributed by atoms with Crippen LogP contribution < -0.4 is 14.4 Å². The van der Waals surface area contributed by atoms with E-state index in [1.54, 1.807) is 12.3 Å². The van der Waals surface area contributed by atoms with E-state index < -0.39 is 16.1 Å².